The third-order valence-corrected chi connectivity index (χ3v) is 4.74. The van der Waals surface area contributed by atoms with Crippen LogP contribution >= 0.6 is 0 Å². The van der Waals surface area contributed by atoms with Crippen LogP contribution in [0.4, 0.5) is 5.82 Å². The summed E-state index contributed by atoms with van der Waals surface area (Å²) in [6.45, 7) is 8.89. The largest absolute Gasteiger partial charge is 0.373 e. The van der Waals surface area contributed by atoms with E-state index in [2.05, 4.69) is 62.3 Å². The number of aromatic nitrogens is 3. The number of anilines is 1. The summed E-state index contributed by atoms with van der Waals surface area (Å²) >= 11 is 0. The lowest BCUT2D eigenvalue weighted by Crippen LogP contribution is -2.07. The Labute approximate surface area is 156 Å². The first-order valence-corrected chi connectivity index (χ1v) is 9.46. The predicted octanol–water partition coefficient (Wildman–Crippen LogP) is 5.45. The third-order valence-electron chi connectivity index (χ3n) is 4.74. The third kappa shape index (κ3) is 3.85. The van der Waals surface area contributed by atoms with Crippen molar-refractivity contribution in [3.8, 4) is 11.1 Å². The molecule has 0 saturated heterocycles. The van der Waals surface area contributed by atoms with E-state index in [1.807, 2.05) is 19.3 Å². The van der Waals surface area contributed by atoms with Crippen molar-refractivity contribution >= 4 is 16.7 Å². The molecule has 0 saturated carbocycles. The Morgan fingerprint density at radius 1 is 1.00 bits per heavy atom. The van der Waals surface area contributed by atoms with E-state index in [0.717, 1.165) is 52.2 Å². The van der Waals surface area contributed by atoms with Gasteiger partial charge in [0.25, 0.3) is 0 Å². The molecule has 1 atom stereocenters. The smallest absolute Gasteiger partial charge is 0.132 e. The molecule has 2 heterocycles. The van der Waals surface area contributed by atoms with Crippen molar-refractivity contribution in [3.63, 3.8) is 0 Å². The molecular formula is C22H28N4. The molecule has 2 aromatic heterocycles. The van der Waals surface area contributed by atoms with Crippen molar-refractivity contribution < 1.29 is 0 Å². The van der Waals surface area contributed by atoms with Crippen LogP contribution < -0.4 is 5.32 Å². The fraction of sp³-hybridized carbons (Fsp3) is 0.409. The number of pyridine rings is 1. The van der Waals surface area contributed by atoms with E-state index >= 15 is 0 Å². The summed E-state index contributed by atoms with van der Waals surface area (Å²) < 4.78 is 0. The summed E-state index contributed by atoms with van der Waals surface area (Å²) in [4.78, 5) is 14.1. The molecule has 0 aliphatic heterocycles. The van der Waals surface area contributed by atoms with Crippen LogP contribution in [-0.4, -0.2) is 22.0 Å². The first kappa shape index (κ1) is 18.3. The Bertz CT molecular complexity index is 902. The standard InChI is InChI=1S/C22H28N4/c1-6-19-18-12-16(17-9-10-24-21(13-17)23-5)7-8-20(18)26-22(25-19)15(4)11-14(2)3/h7-10,12-15H,6,11H2,1-5H3,(H,23,24). The number of rotatable bonds is 6. The van der Waals surface area contributed by atoms with Gasteiger partial charge in [0.15, 0.2) is 0 Å². The Kier molecular flexibility index (Phi) is 5.50. The van der Waals surface area contributed by atoms with Gasteiger partial charge in [-0.2, -0.15) is 0 Å². The minimum atomic E-state index is 0.378. The number of benzene rings is 1. The Morgan fingerprint density at radius 2 is 1.77 bits per heavy atom. The van der Waals surface area contributed by atoms with Gasteiger partial charge in [-0.25, -0.2) is 15.0 Å². The van der Waals surface area contributed by atoms with Crippen LogP contribution in [0.25, 0.3) is 22.0 Å². The zero-order valence-electron chi connectivity index (χ0n) is 16.4. The van der Waals surface area contributed by atoms with Crippen LogP contribution in [0.2, 0.25) is 0 Å². The predicted molar refractivity (Wildman–Crippen MR) is 110 cm³/mol. The van der Waals surface area contributed by atoms with Gasteiger partial charge in [-0.15, -0.1) is 0 Å². The van der Waals surface area contributed by atoms with E-state index < -0.39 is 0 Å². The lowest BCUT2D eigenvalue weighted by Gasteiger charge is -2.15. The van der Waals surface area contributed by atoms with Gasteiger partial charge in [0.1, 0.15) is 11.6 Å². The van der Waals surface area contributed by atoms with E-state index in [4.69, 9.17) is 9.97 Å². The molecule has 3 rings (SSSR count). The van der Waals surface area contributed by atoms with E-state index in [1.54, 1.807) is 0 Å². The van der Waals surface area contributed by atoms with Crippen molar-refractivity contribution in [2.75, 3.05) is 12.4 Å². The molecule has 0 aliphatic carbocycles. The highest BCUT2D eigenvalue weighted by Crippen LogP contribution is 2.28. The second kappa shape index (κ2) is 7.81. The molecule has 0 spiro atoms. The van der Waals surface area contributed by atoms with Crippen LogP contribution in [0.3, 0.4) is 0 Å². The topological polar surface area (TPSA) is 50.7 Å². The number of nitrogens with zero attached hydrogens (tertiary/aromatic N) is 3. The molecule has 1 N–H and O–H groups in total. The molecule has 0 amide bonds. The van der Waals surface area contributed by atoms with Crippen molar-refractivity contribution in [2.24, 2.45) is 5.92 Å². The summed E-state index contributed by atoms with van der Waals surface area (Å²) in [5.41, 5.74) is 4.47. The fourth-order valence-corrected chi connectivity index (χ4v) is 3.44. The maximum absolute atomic E-state index is 4.91. The van der Waals surface area contributed by atoms with Crippen molar-refractivity contribution in [1.82, 2.24) is 15.0 Å². The molecule has 4 nitrogen and oxygen atoms in total. The van der Waals surface area contributed by atoms with Crippen molar-refractivity contribution in [3.05, 3.63) is 48.0 Å². The monoisotopic (exact) mass is 348 g/mol. The van der Waals surface area contributed by atoms with Crippen LogP contribution in [-0.2, 0) is 6.42 Å². The molecule has 0 radical (unpaired) electrons. The highest BCUT2D eigenvalue weighted by Gasteiger charge is 2.15. The zero-order chi connectivity index (χ0) is 18.7. The molecule has 1 aromatic carbocycles. The van der Waals surface area contributed by atoms with Crippen LogP contribution in [0.5, 0.6) is 0 Å². The van der Waals surface area contributed by atoms with E-state index in [-0.39, 0.29) is 0 Å². The van der Waals surface area contributed by atoms with E-state index in [0.29, 0.717) is 11.8 Å². The number of nitrogens with one attached hydrogen (secondary N) is 1. The second-order valence-corrected chi connectivity index (χ2v) is 7.32. The van der Waals surface area contributed by atoms with Gasteiger partial charge in [-0.05, 0) is 54.2 Å². The summed E-state index contributed by atoms with van der Waals surface area (Å²) in [7, 11) is 1.88. The SMILES string of the molecule is CCc1nc(C(C)CC(C)C)nc2ccc(-c3ccnc(NC)c3)cc12. The molecule has 4 heteroatoms. The summed E-state index contributed by atoms with van der Waals surface area (Å²) in [6, 6.07) is 10.6. The highest BCUT2D eigenvalue weighted by atomic mass is 14.9. The first-order valence-electron chi connectivity index (χ1n) is 9.46. The molecule has 0 aliphatic rings. The Balaban J connectivity index is 2.06. The van der Waals surface area contributed by atoms with Gasteiger partial charge in [0.2, 0.25) is 0 Å². The first-order chi connectivity index (χ1) is 12.5. The minimum Gasteiger partial charge on any atom is -0.373 e. The normalized spacial score (nSPS) is 12.5. The number of aryl methyl sites for hydroxylation is 1. The average Bonchev–Trinajstić information content (AvgIpc) is 2.66. The number of hydrogen-bond donors (Lipinski definition) is 1. The Hall–Kier alpha value is -2.49. The van der Waals surface area contributed by atoms with Gasteiger partial charge in [0, 0.05) is 24.5 Å². The average molecular weight is 348 g/mol. The van der Waals surface area contributed by atoms with Crippen molar-refractivity contribution in [1.29, 1.82) is 0 Å². The van der Waals surface area contributed by atoms with E-state index in [9.17, 15) is 0 Å². The van der Waals surface area contributed by atoms with Gasteiger partial charge < -0.3 is 5.32 Å². The Morgan fingerprint density at radius 3 is 2.46 bits per heavy atom. The minimum absolute atomic E-state index is 0.378. The maximum Gasteiger partial charge on any atom is 0.132 e. The summed E-state index contributed by atoms with van der Waals surface area (Å²) in [5, 5.41) is 4.24. The van der Waals surface area contributed by atoms with Gasteiger partial charge in [-0.3, -0.25) is 0 Å². The molecule has 3 aromatic rings. The molecule has 26 heavy (non-hydrogen) atoms. The molecule has 136 valence electrons. The van der Waals surface area contributed by atoms with Gasteiger partial charge in [0.05, 0.1) is 11.2 Å². The molecule has 0 fully saturated rings. The summed E-state index contributed by atoms with van der Waals surface area (Å²) in [5.74, 6) is 2.86. The zero-order valence-corrected chi connectivity index (χ0v) is 16.4. The maximum atomic E-state index is 4.91. The number of hydrogen-bond acceptors (Lipinski definition) is 4. The molecule has 1 unspecified atom stereocenters. The number of fused-ring (bicyclic) bond motifs is 1. The highest BCUT2D eigenvalue weighted by molar-refractivity contribution is 5.86. The van der Waals surface area contributed by atoms with E-state index in [1.165, 1.54) is 0 Å². The van der Waals surface area contributed by atoms with Crippen LogP contribution in [0, 0.1) is 5.92 Å². The van der Waals surface area contributed by atoms with Crippen molar-refractivity contribution in [2.45, 2.75) is 46.5 Å². The summed E-state index contributed by atoms with van der Waals surface area (Å²) in [6.07, 6.45) is 3.85. The van der Waals surface area contributed by atoms with Gasteiger partial charge in [-0.1, -0.05) is 33.8 Å². The lowest BCUT2D eigenvalue weighted by molar-refractivity contribution is 0.507. The molecular weight excluding hydrogens is 320 g/mol. The fourth-order valence-electron chi connectivity index (χ4n) is 3.44. The van der Waals surface area contributed by atoms with Crippen LogP contribution in [0.1, 0.15) is 51.6 Å². The quantitative estimate of drug-likeness (QED) is 0.644. The van der Waals surface area contributed by atoms with Gasteiger partial charge >= 0.3 is 0 Å². The second-order valence-electron chi connectivity index (χ2n) is 7.32. The molecule has 0 bridgehead atoms. The lowest BCUT2D eigenvalue weighted by atomic mass is 9.97. The van der Waals surface area contributed by atoms with Crippen LogP contribution in [0.15, 0.2) is 36.5 Å².